The number of aryl methyl sites for hydroxylation is 1. The molecule has 2 rings (SSSR count). The molecule has 1 N–H and O–H groups in total. The molecule has 0 aliphatic heterocycles. The average molecular weight is 309 g/mol. The summed E-state index contributed by atoms with van der Waals surface area (Å²) in [5.41, 5.74) is 2.03. The quantitative estimate of drug-likeness (QED) is 0.864. The lowest BCUT2D eigenvalue weighted by molar-refractivity contribution is 0.269. The van der Waals surface area contributed by atoms with Crippen molar-refractivity contribution in [2.24, 2.45) is 0 Å². The van der Waals surface area contributed by atoms with Crippen LogP contribution in [-0.2, 0) is 23.1 Å². The standard InChI is InChI=1S/C14H19N3O3S/c1-12-4-3-5-13(8-12)10-16(2)21(19,20)14-9-15-17(11-14)6-7-18/h3-5,8-9,11,18H,6-7,10H2,1-2H3. The van der Waals surface area contributed by atoms with Gasteiger partial charge in [-0.05, 0) is 12.5 Å². The molecule has 0 saturated heterocycles. The van der Waals surface area contributed by atoms with Crippen LogP contribution in [0.3, 0.4) is 0 Å². The smallest absolute Gasteiger partial charge is 0.246 e. The predicted molar refractivity (Wildman–Crippen MR) is 79.1 cm³/mol. The maximum Gasteiger partial charge on any atom is 0.246 e. The van der Waals surface area contributed by atoms with Crippen molar-refractivity contribution in [2.75, 3.05) is 13.7 Å². The van der Waals surface area contributed by atoms with Crippen LogP contribution in [0.5, 0.6) is 0 Å². The van der Waals surface area contributed by atoms with Crippen molar-refractivity contribution in [3.63, 3.8) is 0 Å². The van der Waals surface area contributed by atoms with Crippen LogP contribution in [0, 0.1) is 6.92 Å². The fraction of sp³-hybridized carbons (Fsp3) is 0.357. The maximum absolute atomic E-state index is 12.4. The summed E-state index contributed by atoms with van der Waals surface area (Å²) >= 11 is 0. The van der Waals surface area contributed by atoms with Crippen molar-refractivity contribution in [2.45, 2.75) is 24.9 Å². The van der Waals surface area contributed by atoms with Gasteiger partial charge in [-0.2, -0.15) is 9.40 Å². The first-order chi connectivity index (χ1) is 9.93. The Labute approximate surface area is 124 Å². The number of hydrogen-bond donors (Lipinski definition) is 1. The average Bonchev–Trinajstić information content (AvgIpc) is 2.88. The summed E-state index contributed by atoms with van der Waals surface area (Å²) in [5, 5.41) is 12.8. The predicted octanol–water partition coefficient (Wildman–Crippen LogP) is 1.00. The third kappa shape index (κ3) is 3.69. The molecule has 0 spiro atoms. The van der Waals surface area contributed by atoms with Gasteiger partial charge in [0.2, 0.25) is 10.0 Å². The molecule has 21 heavy (non-hydrogen) atoms. The van der Waals surface area contributed by atoms with Gasteiger partial charge in [0.05, 0.1) is 19.3 Å². The number of benzene rings is 1. The minimum Gasteiger partial charge on any atom is -0.394 e. The van der Waals surface area contributed by atoms with E-state index in [1.165, 1.54) is 21.4 Å². The van der Waals surface area contributed by atoms with Gasteiger partial charge in [-0.1, -0.05) is 29.8 Å². The number of aromatic nitrogens is 2. The van der Waals surface area contributed by atoms with Gasteiger partial charge in [0.15, 0.2) is 0 Å². The molecule has 1 aromatic heterocycles. The molecule has 114 valence electrons. The molecule has 0 atom stereocenters. The first kappa shape index (κ1) is 15.7. The monoisotopic (exact) mass is 309 g/mol. The van der Waals surface area contributed by atoms with Crippen LogP contribution in [0.2, 0.25) is 0 Å². The first-order valence-electron chi connectivity index (χ1n) is 6.58. The Kier molecular flexibility index (Phi) is 4.76. The molecule has 0 bridgehead atoms. The van der Waals surface area contributed by atoms with Crippen molar-refractivity contribution in [1.82, 2.24) is 14.1 Å². The highest BCUT2D eigenvalue weighted by Crippen LogP contribution is 2.16. The molecular weight excluding hydrogens is 290 g/mol. The summed E-state index contributed by atoms with van der Waals surface area (Å²) in [5.74, 6) is 0. The summed E-state index contributed by atoms with van der Waals surface area (Å²) < 4.78 is 27.6. The van der Waals surface area contributed by atoms with Gasteiger partial charge in [-0.3, -0.25) is 4.68 Å². The van der Waals surface area contributed by atoms with Crippen LogP contribution in [0.1, 0.15) is 11.1 Å². The van der Waals surface area contributed by atoms with Crippen molar-refractivity contribution in [1.29, 1.82) is 0 Å². The van der Waals surface area contributed by atoms with E-state index in [9.17, 15) is 8.42 Å². The zero-order valence-corrected chi connectivity index (χ0v) is 12.9. The molecule has 0 radical (unpaired) electrons. The molecular formula is C14H19N3O3S. The fourth-order valence-corrected chi connectivity index (χ4v) is 3.15. The summed E-state index contributed by atoms with van der Waals surface area (Å²) in [6.45, 7) is 2.46. The Morgan fingerprint density at radius 3 is 2.81 bits per heavy atom. The third-order valence-corrected chi connectivity index (χ3v) is 4.89. The molecule has 2 aromatic rings. The molecule has 0 saturated carbocycles. The second-order valence-corrected chi connectivity index (χ2v) is 6.96. The normalized spacial score (nSPS) is 12.0. The number of rotatable bonds is 6. The van der Waals surface area contributed by atoms with Crippen molar-refractivity contribution in [3.8, 4) is 0 Å². The van der Waals surface area contributed by atoms with Crippen molar-refractivity contribution < 1.29 is 13.5 Å². The number of sulfonamides is 1. The van der Waals surface area contributed by atoms with Crippen molar-refractivity contribution >= 4 is 10.0 Å². The highest BCUT2D eigenvalue weighted by Gasteiger charge is 2.22. The van der Waals surface area contributed by atoms with Crippen LogP contribution in [0.15, 0.2) is 41.6 Å². The SMILES string of the molecule is Cc1cccc(CN(C)S(=O)(=O)c2cnn(CCO)c2)c1. The number of aliphatic hydroxyl groups excluding tert-OH is 1. The molecule has 0 fully saturated rings. The molecule has 0 unspecified atom stereocenters. The zero-order valence-electron chi connectivity index (χ0n) is 12.1. The Morgan fingerprint density at radius 1 is 1.38 bits per heavy atom. The van der Waals surface area contributed by atoms with Gasteiger partial charge in [-0.15, -0.1) is 0 Å². The van der Waals surface area contributed by atoms with E-state index in [2.05, 4.69) is 5.10 Å². The second-order valence-electron chi connectivity index (χ2n) is 4.91. The number of nitrogens with zero attached hydrogens (tertiary/aromatic N) is 3. The van der Waals surface area contributed by atoms with Crippen LogP contribution < -0.4 is 0 Å². The maximum atomic E-state index is 12.4. The Hall–Kier alpha value is -1.70. The minimum atomic E-state index is -3.58. The molecule has 0 amide bonds. The highest BCUT2D eigenvalue weighted by atomic mass is 32.2. The molecule has 1 heterocycles. The van der Waals surface area contributed by atoms with E-state index in [0.29, 0.717) is 6.54 Å². The number of hydrogen-bond acceptors (Lipinski definition) is 4. The van der Waals surface area contributed by atoms with Crippen LogP contribution >= 0.6 is 0 Å². The molecule has 7 heteroatoms. The third-order valence-electron chi connectivity index (χ3n) is 3.13. The molecule has 0 aliphatic rings. The van der Waals surface area contributed by atoms with Gasteiger partial charge in [0, 0.05) is 19.8 Å². The summed E-state index contributed by atoms with van der Waals surface area (Å²) in [4.78, 5) is 0.131. The van der Waals surface area contributed by atoms with Crippen LogP contribution in [0.4, 0.5) is 0 Å². The molecule has 1 aromatic carbocycles. The first-order valence-corrected chi connectivity index (χ1v) is 8.02. The van der Waals surface area contributed by atoms with E-state index in [0.717, 1.165) is 11.1 Å². The van der Waals surface area contributed by atoms with Gasteiger partial charge >= 0.3 is 0 Å². The Balaban J connectivity index is 2.17. The summed E-state index contributed by atoms with van der Waals surface area (Å²) in [6, 6.07) is 7.73. The van der Waals surface area contributed by atoms with Gasteiger partial charge < -0.3 is 5.11 Å². The number of aliphatic hydroxyl groups is 1. The van der Waals surface area contributed by atoms with Gasteiger partial charge in [0.25, 0.3) is 0 Å². The van der Waals surface area contributed by atoms with E-state index >= 15 is 0 Å². The summed E-state index contributed by atoms with van der Waals surface area (Å²) in [6.07, 6.45) is 2.73. The minimum absolute atomic E-state index is 0.0830. The van der Waals surface area contributed by atoms with Crippen LogP contribution in [0.25, 0.3) is 0 Å². The second kappa shape index (κ2) is 6.38. The lowest BCUT2D eigenvalue weighted by Gasteiger charge is -2.16. The molecule has 0 aliphatic carbocycles. The van der Waals surface area contributed by atoms with E-state index in [1.54, 1.807) is 7.05 Å². The van der Waals surface area contributed by atoms with Crippen molar-refractivity contribution in [3.05, 3.63) is 47.8 Å². The van der Waals surface area contributed by atoms with Gasteiger partial charge in [-0.25, -0.2) is 8.42 Å². The van der Waals surface area contributed by atoms with E-state index in [1.807, 2.05) is 31.2 Å². The lowest BCUT2D eigenvalue weighted by Crippen LogP contribution is -2.26. The molecule has 6 nitrogen and oxygen atoms in total. The zero-order chi connectivity index (χ0) is 15.5. The lowest BCUT2D eigenvalue weighted by atomic mass is 10.1. The Morgan fingerprint density at radius 2 is 2.14 bits per heavy atom. The summed E-state index contributed by atoms with van der Waals surface area (Å²) in [7, 11) is -2.04. The highest BCUT2D eigenvalue weighted by molar-refractivity contribution is 7.89. The van der Waals surface area contributed by atoms with E-state index in [4.69, 9.17) is 5.11 Å². The van der Waals surface area contributed by atoms with E-state index < -0.39 is 10.0 Å². The largest absolute Gasteiger partial charge is 0.394 e. The fourth-order valence-electron chi connectivity index (χ4n) is 2.04. The van der Waals surface area contributed by atoms with E-state index in [-0.39, 0.29) is 18.0 Å². The topological polar surface area (TPSA) is 75.4 Å². The van der Waals surface area contributed by atoms with Crippen LogP contribution in [-0.4, -0.2) is 41.3 Å². The Bertz CT molecular complexity index is 710. The van der Waals surface area contributed by atoms with Gasteiger partial charge in [0.1, 0.15) is 4.90 Å².